The summed E-state index contributed by atoms with van der Waals surface area (Å²) < 4.78 is 84.9. The van der Waals surface area contributed by atoms with Gasteiger partial charge in [0.25, 0.3) is 0 Å². The van der Waals surface area contributed by atoms with E-state index in [1.807, 2.05) is 0 Å². The highest BCUT2D eigenvalue weighted by atomic mass is 19.4. The quantitative estimate of drug-likeness (QED) is 0.507. The Morgan fingerprint density at radius 1 is 1.03 bits per heavy atom. The molecule has 13 heteroatoms. The fourth-order valence-electron chi connectivity index (χ4n) is 4.03. The van der Waals surface area contributed by atoms with Crippen molar-refractivity contribution in [2.45, 2.75) is 23.8 Å². The molecule has 0 fully saturated rings. The molecular formula is C22H16F6N6O. The maximum absolute atomic E-state index is 15.0. The van der Waals surface area contributed by atoms with Crippen LogP contribution >= 0.6 is 0 Å². The van der Waals surface area contributed by atoms with Crippen LogP contribution in [0.1, 0.15) is 22.9 Å². The lowest BCUT2D eigenvalue weighted by atomic mass is 9.74. The van der Waals surface area contributed by atoms with Crippen molar-refractivity contribution in [3.8, 4) is 0 Å². The number of anilines is 1. The second-order valence-corrected chi connectivity index (χ2v) is 7.61. The van der Waals surface area contributed by atoms with E-state index in [-0.39, 0.29) is 4.90 Å². The van der Waals surface area contributed by atoms with Crippen molar-refractivity contribution in [2.75, 3.05) is 4.90 Å². The minimum atomic E-state index is -5.24. The Balaban J connectivity index is 1.98. The Bertz CT molecular complexity index is 1270. The number of primary amides is 1. The molecule has 0 radical (unpaired) electrons. The summed E-state index contributed by atoms with van der Waals surface area (Å²) in [5.74, 6) is -2.26. The predicted octanol–water partition coefficient (Wildman–Crippen LogP) is 4.84. The SMILES string of the molecule is NC(=O)N(c1cccc(C(F)(F)F)c1)C1(C(F)(F)F)C=CC(c2ccccc2)=CC1c1nn[nH]n1. The van der Waals surface area contributed by atoms with Crippen LogP contribution in [0.4, 0.5) is 36.8 Å². The molecule has 182 valence electrons. The molecule has 4 rings (SSSR count). The number of tetrazole rings is 1. The molecule has 0 saturated carbocycles. The predicted molar refractivity (Wildman–Crippen MR) is 113 cm³/mol. The Labute approximate surface area is 193 Å². The summed E-state index contributed by atoms with van der Waals surface area (Å²) in [7, 11) is 0. The lowest BCUT2D eigenvalue weighted by molar-refractivity contribution is -0.174. The number of rotatable bonds is 4. The summed E-state index contributed by atoms with van der Waals surface area (Å²) >= 11 is 0. The average Bonchev–Trinajstić information content (AvgIpc) is 3.33. The van der Waals surface area contributed by atoms with E-state index >= 15 is 0 Å². The van der Waals surface area contributed by atoms with E-state index in [2.05, 4.69) is 20.6 Å². The van der Waals surface area contributed by atoms with E-state index in [0.29, 0.717) is 29.3 Å². The number of aromatic amines is 1. The molecule has 2 amide bonds. The number of carbonyl (C=O) groups excluding carboxylic acids is 1. The minimum Gasteiger partial charge on any atom is -0.351 e. The number of hydrogen-bond acceptors (Lipinski definition) is 4. The molecule has 3 N–H and O–H groups in total. The molecule has 1 aromatic heterocycles. The zero-order chi connectivity index (χ0) is 25.4. The van der Waals surface area contributed by atoms with E-state index in [9.17, 15) is 31.1 Å². The lowest BCUT2D eigenvalue weighted by Gasteiger charge is -2.46. The minimum absolute atomic E-state index is 0.0814. The molecule has 1 aliphatic rings. The normalized spacial score (nSPS) is 20.4. The molecule has 2 unspecified atom stereocenters. The van der Waals surface area contributed by atoms with Crippen LogP contribution in [-0.4, -0.2) is 38.4 Å². The molecule has 1 aliphatic carbocycles. The second kappa shape index (κ2) is 8.56. The summed E-state index contributed by atoms with van der Waals surface area (Å²) in [4.78, 5) is 12.6. The summed E-state index contributed by atoms with van der Waals surface area (Å²) in [5, 5.41) is 12.8. The first-order valence-electron chi connectivity index (χ1n) is 9.98. The van der Waals surface area contributed by atoms with Crippen molar-refractivity contribution in [1.29, 1.82) is 0 Å². The standard InChI is InChI=1S/C22H16F6N6O/c23-21(24,25)15-7-4-8-16(12-15)34(19(29)35)20(22(26,27)28)10-9-14(13-5-2-1-3-6-13)11-17(20)18-30-32-33-31-18/h1-12,17H,(H2,29,35)(H,30,31,32,33). The first-order valence-corrected chi connectivity index (χ1v) is 9.98. The summed E-state index contributed by atoms with van der Waals surface area (Å²) in [6, 6.07) is 9.68. The highest BCUT2D eigenvalue weighted by molar-refractivity contribution is 5.94. The van der Waals surface area contributed by atoms with Gasteiger partial charge < -0.3 is 5.73 Å². The van der Waals surface area contributed by atoms with Gasteiger partial charge in [-0.15, -0.1) is 10.2 Å². The first kappa shape index (κ1) is 24.0. The first-order chi connectivity index (χ1) is 16.4. The smallest absolute Gasteiger partial charge is 0.351 e. The molecule has 0 saturated heterocycles. The van der Waals surface area contributed by atoms with Gasteiger partial charge in [-0.3, -0.25) is 4.90 Å². The number of carbonyl (C=O) groups is 1. The number of halogens is 6. The summed E-state index contributed by atoms with van der Waals surface area (Å²) in [5.41, 5.74) is 1.05. The zero-order valence-electron chi connectivity index (χ0n) is 17.5. The average molecular weight is 494 g/mol. The van der Waals surface area contributed by atoms with Gasteiger partial charge in [-0.2, -0.15) is 31.6 Å². The van der Waals surface area contributed by atoms with Crippen molar-refractivity contribution in [3.05, 3.63) is 89.8 Å². The van der Waals surface area contributed by atoms with Gasteiger partial charge in [0, 0.05) is 5.69 Å². The Morgan fingerprint density at radius 2 is 1.74 bits per heavy atom. The number of nitrogens with zero attached hydrogens (tertiary/aromatic N) is 4. The topological polar surface area (TPSA) is 101 Å². The van der Waals surface area contributed by atoms with Crippen molar-refractivity contribution in [3.63, 3.8) is 0 Å². The van der Waals surface area contributed by atoms with E-state index in [1.54, 1.807) is 30.3 Å². The summed E-state index contributed by atoms with van der Waals surface area (Å²) in [6.07, 6.45) is -7.13. The van der Waals surface area contributed by atoms with Gasteiger partial charge in [0.15, 0.2) is 11.4 Å². The third-order valence-electron chi connectivity index (χ3n) is 5.56. The van der Waals surface area contributed by atoms with Crippen LogP contribution in [0.2, 0.25) is 0 Å². The van der Waals surface area contributed by atoms with E-state index in [4.69, 9.17) is 5.73 Å². The fraction of sp³-hybridized carbons (Fsp3) is 0.182. The Morgan fingerprint density at radius 3 is 2.31 bits per heavy atom. The fourth-order valence-corrected chi connectivity index (χ4v) is 4.03. The largest absolute Gasteiger partial charge is 0.416 e. The van der Waals surface area contributed by atoms with Crippen molar-refractivity contribution in [2.24, 2.45) is 5.73 Å². The van der Waals surface area contributed by atoms with Crippen LogP contribution in [0.15, 0.2) is 72.8 Å². The van der Waals surface area contributed by atoms with Gasteiger partial charge >= 0.3 is 18.4 Å². The van der Waals surface area contributed by atoms with Crippen LogP contribution in [0, 0.1) is 0 Å². The monoisotopic (exact) mass is 494 g/mol. The van der Waals surface area contributed by atoms with Gasteiger partial charge in [-0.25, -0.2) is 4.79 Å². The van der Waals surface area contributed by atoms with E-state index < -0.39 is 46.9 Å². The zero-order valence-corrected chi connectivity index (χ0v) is 17.5. The van der Waals surface area contributed by atoms with Crippen molar-refractivity contribution >= 4 is 17.3 Å². The number of nitrogens with two attached hydrogens (primary N) is 1. The van der Waals surface area contributed by atoms with Crippen molar-refractivity contribution in [1.82, 2.24) is 20.6 Å². The van der Waals surface area contributed by atoms with E-state index in [1.165, 1.54) is 6.08 Å². The molecule has 3 aromatic rings. The van der Waals surface area contributed by atoms with Gasteiger partial charge in [0.2, 0.25) is 0 Å². The molecule has 2 atom stereocenters. The van der Waals surface area contributed by atoms with Crippen LogP contribution in [0.3, 0.4) is 0 Å². The van der Waals surface area contributed by atoms with Crippen molar-refractivity contribution < 1.29 is 31.1 Å². The number of allylic oxidation sites excluding steroid dienone is 2. The Hall–Kier alpha value is -4.16. The number of urea groups is 1. The molecule has 1 heterocycles. The maximum Gasteiger partial charge on any atom is 0.416 e. The molecule has 7 nitrogen and oxygen atoms in total. The summed E-state index contributed by atoms with van der Waals surface area (Å²) in [6.45, 7) is 0. The van der Waals surface area contributed by atoms with Gasteiger partial charge in [-0.05, 0) is 35.4 Å². The number of alkyl halides is 6. The van der Waals surface area contributed by atoms with Crippen LogP contribution < -0.4 is 10.6 Å². The molecule has 2 aromatic carbocycles. The Kier molecular flexibility index (Phi) is 5.87. The molecule has 0 aliphatic heterocycles. The van der Waals surface area contributed by atoms with Gasteiger partial charge in [0.1, 0.15) is 0 Å². The van der Waals surface area contributed by atoms with Gasteiger partial charge in [-0.1, -0.05) is 53.8 Å². The highest BCUT2D eigenvalue weighted by Crippen LogP contribution is 2.51. The molecule has 0 spiro atoms. The second-order valence-electron chi connectivity index (χ2n) is 7.61. The maximum atomic E-state index is 15.0. The molecule has 35 heavy (non-hydrogen) atoms. The highest BCUT2D eigenvalue weighted by Gasteiger charge is 2.65. The third kappa shape index (κ3) is 4.24. The lowest BCUT2D eigenvalue weighted by Crippen LogP contribution is -2.65. The van der Waals surface area contributed by atoms with Crippen LogP contribution in [0.25, 0.3) is 5.57 Å². The van der Waals surface area contributed by atoms with Gasteiger partial charge in [0.05, 0.1) is 11.5 Å². The molecule has 0 bridgehead atoms. The number of amides is 2. The van der Waals surface area contributed by atoms with Crippen LogP contribution in [0.5, 0.6) is 0 Å². The number of aromatic nitrogens is 4. The van der Waals surface area contributed by atoms with E-state index in [0.717, 1.165) is 18.2 Å². The van der Waals surface area contributed by atoms with Crippen LogP contribution in [-0.2, 0) is 6.18 Å². The number of benzene rings is 2. The molecular weight excluding hydrogens is 478 g/mol. The third-order valence-corrected chi connectivity index (χ3v) is 5.56. The number of nitrogens with one attached hydrogen (secondary N) is 1. The number of hydrogen-bond donors (Lipinski definition) is 2. The number of H-pyrrole nitrogens is 1.